The maximum absolute atomic E-state index is 11.8. The van der Waals surface area contributed by atoms with Gasteiger partial charge in [0.1, 0.15) is 6.04 Å². The molecule has 0 spiro atoms. The van der Waals surface area contributed by atoms with Crippen LogP contribution in [0.25, 0.3) is 0 Å². The lowest BCUT2D eigenvalue weighted by Crippen LogP contribution is -2.42. The molecule has 2 rings (SSSR count). The second kappa shape index (κ2) is 5.17. The van der Waals surface area contributed by atoms with Crippen LogP contribution in [0.4, 0.5) is 0 Å². The molecule has 8 heteroatoms. The number of hydrogen-bond donors (Lipinski definition) is 1. The minimum atomic E-state index is -0.941. The van der Waals surface area contributed by atoms with Crippen LogP contribution in [0.2, 0.25) is 0 Å². The molecule has 0 bridgehead atoms. The zero-order chi connectivity index (χ0) is 12.3. The molecule has 1 atom stereocenters. The van der Waals surface area contributed by atoms with Gasteiger partial charge in [-0.2, -0.15) is 0 Å². The van der Waals surface area contributed by atoms with E-state index in [1.807, 2.05) is 0 Å². The minimum absolute atomic E-state index is 0.155. The first-order chi connectivity index (χ1) is 8.18. The van der Waals surface area contributed by atoms with Crippen molar-refractivity contribution in [2.75, 3.05) is 11.6 Å². The Labute approximate surface area is 102 Å². The normalized spacial score (nSPS) is 19.5. The van der Waals surface area contributed by atoms with Crippen molar-refractivity contribution in [2.45, 2.75) is 19.0 Å². The lowest BCUT2D eigenvalue weighted by molar-refractivity contribution is -0.147. The Morgan fingerprint density at radius 1 is 1.53 bits per heavy atom. The topological polar surface area (TPSA) is 88.3 Å². The Bertz CT molecular complexity index is 408. The van der Waals surface area contributed by atoms with Crippen LogP contribution in [0.1, 0.15) is 6.42 Å². The summed E-state index contributed by atoms with van der Waals surface area (Å²) in [6.45, 7) is 0.423. The highest BCUT2D eigenvalue weighted by molar-refractivity contribution is 7.99. The fraction of sp³-hybridized carbons (Fsp3) is 0.556. The quantitative estimate of drug-likeness (QED) is 0.792. The molecule has 0 radical (unpaired) electrons. The number of aryl methyl sites for hydroxylation is 1. The molecule has 1 aliphatic rings. The molecule has 1 aliphatic heterocycles. The third kappa shape index (κ3) is 2.76. The maximum Gasteiger partial charge on any atom is 0.327 e. The van der Waals surface area contributed by atoms with Gasteiger partial charge in [0.05, 0.1) is 18.6 Å². The molecule has 1 fully saturated rings. The van der Waals surface area contributed by atoms with Gasteiger partial charge in [-0.25, -0.2) is 4.79 Å². The van der Waals surface area contributed by atoms with Crippen molar-refractivity contribution in [1.29, 1.82) is 0 Å². The maximum atomic E-state index is 11.8. The Morgan fingerprint density at radius 2 is 2.35 bits per heavy atom. The molecule has 0 aromatic carbocycles. The molecule has 7 nitrogen and oxygen atoms in total. The summed E-state index contributed by atoms with van der Waals surface area (Å²) in [5.74, 6) is -0.181. The van der Waals surface area contributed by atoms with Gasteiger partial charge in [-0.3, -0.25) is 9.48 Å². The van der Waals surface area contributed by atoms with Gasteiger partial charge in [0.25, 0.3) is 0 Å². The molecule has 0 saturated carbocycles. The number of nitrogens with zero attached hydrogens (tertiary/aromatic N) is 4. The van der Waals surface area contributed by atoms with E-state index >= 15 is 0 Å². The van der Waals surface area contributed by atoms with E-state index in [0.717, 1.165) is 0 Å². The van der Waals surface area contributed by atoms with Crippen LogP contribution in [-0.4, -0.2) is 54.5 Å². The number of hydrogen-bond acceptors (Lipinski definition) is 5. The monoisotopic (exact) mass is 256 g/mol. The van der Waals surface area contributed by atoms with Crippen LogP contribution in [0.15, 0.2) is 12.4 Å². The lowest BCUT2D eigenvalue weighted by Gasteiger charge is -2.20. The standard InChI is InChI=1S/C9H12N4O3S/c14-8(1-3-12-4-2-10-11-12)13-6-17-5-7(13)9(15)16/h2,4,7H,1,3,5-6H2,(H,15,16)/t7-/m0/s1. The third-order valence-electron chi connectivity index (χ3n) is 2.51. The van der Waals surface area contributed by atoms with Gasteiger partial charge in [0, 0.05) is 18.4 Å². The zero-order valence-corrected chi connectivity index (χ0v) is 9.84. The highest BCUT2D eigenvalue weighted by Gasteiger charge is 2.34. The van der Waals surface area contributed by atoms with Crippen LogP contribution in [0.3, 0.4) is 0 Å². The van der Waals surface area contributed by atoms with Crippen LogP contribution in [0.5, 0.6) is 0 Å². The highest BCUT2D eigenvalue weighted by atomic mass is 32.2. The predicted octanol–water partition coefficient (Wildman–Crippen LogP) is -0.346. The lowest BCUT2D eigenvalue weighted by atomic mass is 10.2. The van der Waals surface area contributed by atoms with E-state index in [-0.39, 0.29) is 12.3 Å². The van der Waals surface area contributed by atoms with Crippen molar-refractivity contribution < 1.29 is 14.7 Å². The summed E-state index contributed by atoms with van der Waals surface area (Å²) in [5, 5.41) is 16.3. The second-order valence-corrected chi connectivity index (χ2v) is 4.63. The SMILES string of the molecule is O=C(O)[C@@H]1CSCN1C(=O)CCn1ccnn1. The molecule has 1 aromatic heterocycles. The van der Waals surface area contributed by atoms with E-state index in [4.69, 9.17) is 5.11 Å². The fourth-order valence-electron chi connectivity index (χ4n) is 1.60. The van der Waals surface area contributed by atoms with Crippen LogP contribution < -0.4 is 0 Å². The average Bonchev–Trinajstić information content (AvgIpc) is 2.96. The number of carboxylic acids is 1. The first kappa shape index (κ1) is 11.9. The number of carbonyl (C=O) groups excluding carboxylic acids is 1. The summed E-state index contributed by atoms with van der Waals surface area (Å²) in [6, 6.07) is -0.691. The van der Waals surface area contributed by atoms with Gasteiger partial charge < -0.3 is 10.0 Å². The number of carboxylic acid groups (broad SMARTS) is 1. The summed E-state index contributed by atoms with van der Waals surface area (Å²) in [7, 11) is 0. The van der Waals surface area contributed by atoms with Crippen LogP contribution in [-0.2, 0) is 16.1 Å². The number of amides is 1. The second-order valence-electron chi connectivity index (χ2n) is 3.63. The van der Waals surface area contributed by atoms with Gasteiger partial charge in [0.15, 0.2) is 0 Å². The summed E-state index contributed by atoms with van der Waals surface area (Å²) in [4.78, 5) is 24.2. The molecule has 92 valence electrons. The van der Waals surface area contributed by atoms with E-state index in [1.54, 1.807) is 10.9 Å². The number of thioether (sulfide) groups is 1. The fourth-order valence-corrected chi connectivity index (χ4v) is 2.77. The summed E-state index contributed by atoms with van der Waals surface area (Å²) in [5.41, 5.74) is 0. The molecule has 1 aromatic rings. The van der Waals surface area contributed by atoms with Gasteiger partial charge in [-0.05, 0) is 0 Å². The Kier molecular flexibility index (Phi) is 3.62. The van der Waals surface area contributed by atoms with Crippen molar-refractivity contribution in [3.63, 3.8) is 0 Å². The number of aromatic nitrogens is 3. The summed E-state index contributed by atoms with van der Waals surface area (Å²) in [6.07, 6.45) is 3.45. The third-order valence-corrected chi connectivity index (χ3v) is 3.53. The molecular weight excluding hydrogens is 244 g/mol. The van der Waals surface area contributed by atoms with E-state index < -0.39 is 12.0 Å². The molecule has 1 amide bonds. The smallest absolute Gasteiger partial charge is 0.327 e. The van der Waals surface area contributed by atoms with Crippen molar-refractivity contribution in [2.24, 2.45) is 0 Å². The van der Waals surface area contributed by atoms with E-state index in [9.17, 15) is 9.59 Å². The largest absolute Gasteiger partial charge is 0.480 e. The van der Waals surface area contributed by atoms with Gasteiger partial charge in [0.2, 0.25) is 5.91 Å². The first-order valence-electron chi connectivity index (χ1n) is 5.12. The first-order valence-corrected chi connectivity index (χ1v) is 6.28. The van der Waals surface area contributed by atoms with Crippen LogP contribution >= 0.6 is 11.8 Å². The van der Waals surface area contributed by atoms with Crippen molar-refractivity contribution in [3.05, 3.63) is 12.4 Å². The van der Waals surface area contributed by atoms with Crippen molar-refractivity contribution in [3.8, 4) is 0 Å². The molecule has 17 heavy (non-hydrogen) atoms. The molecule has 0 unspecified atom stereocenters. The van der Waals surface area contributed by atoms with Crippen molar-refractivity contribution >= 4 is 23.6 Å². The molecule has 1 saturated heterocycles. The van der Waals surface area contributed by atoms with E-state index in [2.05, 4.69) is 10.3 Å². The van der Waals surface area contributed by atoms with E-state index in [0.29, 0.717) is 18.2 Å². The molecule has 1 N–H and O–H groups in total. The molecular formula is C9H12N4O3S. The van der Waals surface area contributed by atoms with Gasteiger partial charge >= 0.3 is 5.97 Å². The number of rotatable bonds is 4. The average molecular weight is 256 g/mol. The molecule has 2 heterocycles. The molecule has 0 aliphatic carbocycles. The minimum Gasteiger partial charge on any atom is -0.480 e. The Hall–Kier alpha value is -1.57. The highest BCUT2D eigenvalue weighted by Crippen LogP contribution is 2.21. The number of carbonyl (C=O) groups is 2. The van der Waals surface area contributed by atoms with E-state index in [1.165, 1.54) is 22.9 Å². The predicted molar refractivity (Wildman–Crippen MR) is 60.2 cm³/mol. The Balaban J connectivity index is 1.89. The number of aliphatic carboxylic acids is 1. The van der Waals surface area contributed by atoms with Crippen molar-refractivity contribution in [1.82, 2.24) is 19.9 Å². The summed E-state index contributed by atoms with van der Waals surface area (Å²) >= 11 is 1.46. The summed E-state index contributed by atoms with van der Waals surface area (Å²) < 4.78 is 1.55. The van der Waals surface area contributed by atoms with Gasteiger partial charge in [-0.1, -0.05) is 5.21 Å². The Morgan fingerprint density at radius 3 is 3.00 bits per heavy atom. The van der Waals surface area contributed by atoms with Gasteiger partial charge in [-0.15, -0.1) is 16.9 Å². The van der Waals surface area contributed by atoms with Crippen LogP contribution in [0, 0.1) is 0 Å². The zero-order valence-electron chi connectivity index (χ0n) is 9.02.